The molecule has 2 N–H and O–H groups in total. The molecule has 0 amide bonds. The molecule has 6 heteroatoms. The Morgan fingerprint density at radius 1 is 1.53 bits per heavy atom. The number of carbonyl (C=O) groups is 1. The van der Waals surface area contributed by atoms with Gasteiger partial charge < -0.3 is 10.4 Å². The normalized spacial score (nSPS) is 10.2. The second kappa shape index (κ2) is 4.65. The van der Waals surface area contributed by atoms with Gasteiger partial charge in [0.1, 0.15) is 0 Å². The quantitative estimate of drug-likeness (QED) is 0.825. The van der Waals surface area contributed by atoms with E-state index in [1.807, 2.05) is 6.07 Å². The summed E-state index contributed by atoms with van der Waals surface area (Å²) in [5.41, 5.74) is 1.94. The highest BCUT2D eigenvalue weighted by molar-refractivity contribution is 5.88. The van der Waals surface area contributed by atoms with Gasteiger partial charge in [-0.1, -0.05) is 11.3 Å². The lowest BCUT2D eigenvalue weighted by Gasteiger charge is -2.06. The average molecular weight is 232 g/mol. The van der Waals surface area contributed by atoms with Crippen LogP contribution in [0.25, 0.3) is 0 Å². The van der Waals surface area contributed by atoms with Gasteiger partial charge in [0.15, 0.2) is 0 Å². The first-order valence-corrected chi connectivity index (χ1v) is 5.07. The minimum atomic E-state index is -0.934. The summed E-state index contributed by atoms with van der Waals surface area (Å²) in [5, 5.41) is 19.5. The van der Waals surface area contributed by atoms with E-state index in [0.29, 0.717) is 6.54 Å². The number of nitrogens with zero attached hydrogens (tertiary/aromatic N) is 3. The summed E-state index contributed by atoms with van der Waals surface area (Å²) < 4.78 is 1.66. The van der Waals surface area contributed by atoms with Crippen molar-refractivity contribution in [3.05, 3.63) is 41.7 Å². The predicted octanol–water partition coefficient (Wildman–Crippen LogP) is 1.13. The van der Waals surface area contributed by atoms with Crippen LogP contribution in [0, 0.1) is 0 Å². The Balaban J connectivity index is 2.07. The molecule has 0 saturated heterocycles. The lowest BCUT2D eigenvalue weighted by Crippen LogP contribution is -2.06. The van der Waals surface area contributed by atoms with E-state index in [2.05, 4.69) is 15.6 Å². The molecule has 2 rings (SSSR count). The molecule has 0 aliphatic carbocycles. The number of nitrogens with one attached hydrogen (secondary N) is 1. The van der Waals surface area contributed by atoms with Gasteiger partial charge in [-0.25, -0.2) is 4.79 Å². The van der Waals surface area contributed by atoms with E-state index in [1.165, 1.54) is 0 Å². The fourth-order valence-corrected chi connectivity index (χ4v) is 1.43. The Morgan fingerprint density at radius 2 is 2.35 bits per heavy atom. The summed E-state index contributed by atoms with van der Waals surface area (Å²) in [7, 11) is 1.80. The molecule has 0 atom stereocenters. The maximum atomic E-state index is 10.8. The molecule has 0 unspecified atom stereocenters. The molecule has 0 aliphatic rings. The Labute approximate surface area is 97.9 Å². The van der Waals surface area contributed by atoms with Crippen LogP contribution < -0.4 is 5.32 Å². The number of hydrogen-bond acceptors (Lipinski definition) is 4. The number of aryl methyl sites for hydroxylation is 1. The fraction of sp³-hybridized carbons (Fsp3) is 0.182. The van der Waals surface area contributed by atoms with Crippen LogP contribution in [-0.4, -0.2) is 26.1 Å². The van der Waals surface area contributed by atoms with Gasteiger partial charge in [-0.2, -0.15) is 0 Å². The third-order valence-corrected chi connectivity index (χ3v) is 2.39. The minimum absolute atomic E-state index is 0.262. The number of aromatic nitrogens is 3. The summed E-state index contributed by atoms with van der Waals surface area (Å²) in [5.74, 6) is -0.934. The highest BCUT2D eigenvalue weighted by Gasteiger charge is 2.04. The van der Waals surface area contributed by atoms with Crippen molar-refractivity contribution in [2.24, 2.45) is 7.05 Å². The van der Waals surface area contributed by atoms with Crippen molar-refractivity contribution >= 4 is 11.7 Å². The fourth-order valence-electron chi connectivity index (χ4n) is 1.43. The smallest absolute Gasteiger partial charge is 0.335 e. The molecular weight excluding hydrogens is 220 g/mol. The largest absolute Gasteiger partial charge is 0.478 e. The molecule has 0 aliphatic heterocycles. The van der Waals surface area contributed by atoms with Crippen LogP contribution in [0.5, 0.6) is 0 Å². The summed E-state index contributed by atoms with van der Waals surface area (Å²) in [6, 6.07) is 6.66. The highest BCUT2D eigenvalue weighted by Crippen LogP contribution is 2.11. The molecule has 0 spiro atoms. The van der Waals surface area contributed by atoms with Gasteiger partial charge in [0.25, 0.3) is 0 Å². The number of rotatable bonds is 4. The van der Waals surface area contributed by atoms with Gasteiger partial charge >= 0.3 is 5.97 Å². The number of carboxylic acid groups (broad SMARTS) is 1. The zero-order valence-electron chi connectivity index (χ0n) is 9.29. The Morgan fingerprint density at radius 3 is 3.00 bits per heavy atom. The maximum Gasteiger partial charge on any atom is 0.335 e. The molecule has 17 heavy (non-hydrogen) atoms. The summed E-state index contributed by atoms with van der Waals surface area (Å²) >= 11 is 0. The summed E-state index contributed by atoms with van der Waals surface area (Å²) in [4.78, 5) is 10.8. The molecule has 88 valence electrons. The van der Waals surface area contributed by atoms with Crippen molar-refractivity contribution in [3.8, 4) is 0 Å². The topological polar surface area (TPSA) is 80.0 Å². The van der Waals surface area contributed by atoms with Crippen molar-refractivity contribution < 1.29 is 9.90 Å². The van der Waals surface area contributed by atoms with E-state index in [-0.39, 0.29) is 5.56 Å². The monoisotopic (exact) mass is 232 g/mol. The molecule has 0 bridgehead atoms. The van der Waals surface area contributed by atoms with E-state index >= 15 is 0 Å². The molecule has 6 nitrogen and oxygen atoms in total. The van der Waals surface area contributed by atoms with Crippen LogP contribution in [0.2, 0.25) is 0 Å². The SMILES string of the molecule is Cn1nncc1CNc1cccc(C(=O)O)c1. The number of benzene rings is 1. The van der Waals surface area contributed by atoms with Gasteiger partial charge in [-0.3, -0.25) is 4.68 Å². The van der Waals surface area contributed by atoms with Crippen molar-refractivity contribution in [2.75, 3.05) is 5.32 Å². The number of carboxylic acids is 1. The van der Waals surface area contributed by atoms with Gasteiger partial charge in [0, 0.05) is 12.7 Å². The van der Waals surface area contributed by atoms with Crippen LogP contribution in [0.3, 0.4) is 0 Å². The molecule has 0 saturated carbocycles. The van der Waals surface area contributed by atoms with E-state index in [0.717, 1.165) is 11.4 Å². The van der Waals surface area contributed by atoms with E-state index in [1.54, 1.807) is 36.1 Å². The standard InChI is InChI=1S/C11H12N4O2/c1-15-10(7-13-14-15)6-12-9-4-2-3-8(5-9)11(16)17/h2-5,7,12H,6H2,1H3,(H,16,17). The molecule has 2 aromatic rings. The van der Waals surface area contributed by atoms with E-state index in [9.17, 15) is 4.79 Å². The molecule has 1 aromatic carbocycles. The van der Waals surface area contributed by atoms with Gasteiger partial charge in [0.2, 0.25) is 0 Å². The number of aromatic carboxylic acids is 1. The number of anilines is 1. The molecule has 0 radical (unpaired) electrons. The van der Waals surface area contributed by atoms with Crippen LogP contribution in [0.15, 0.2) is 30.5 Å². The number of hydrogen-bond donors (Lipinski definition) is 2. The molecule has 0 fully saturated rings. The van der Waals surface area contributed by atoms with Crippen LogP contribution in [0.1, 0.15) is 16.1 Å². The van der Waals surface area contributed by atoms with Gasteiger partial charge in [0.05, 0.1) is 24.0 Å². The average Bonchev–Trinajstić information content (AvgIpc) is 2.72. The molecular formula is C11H12N4O2. The molecule has 1 aromatic heterocycles. The first-order chi connectivity index (χ1) is 8.16. The zero-order valence-corrected chi connectivity index (χ0v) is 9.29. The predicted molar refractivity (Wildman–Crippen MR) is 61.7 cm³/mol. The van der Waals surface area contributed by atoms with Gasteiger partial charge in [-0.05, 0) is 18.2 Å². The zero-order chi connectivity index (χ0) is 12.3. The maximum absolute atomic E-state index is 10.8. The highest BCUT2D eigenvalue weighted by atomic mass is 16.4. The van der Waals surface area contributed by atoms with Crippen molar-refractivity contribution in [1.29, 1.82) is 0 Å². The lowest BCUT2D eigenvalue weighted by atomic mass is 10.2. The summed E-state index contributed by atoms with van der Waals surface area (Å²) in [6.07, 6.45) is 1.66. The lowest BCUT2D eigenvalue weighted by molar-refractivity contribution is 0.0697. The minimum Gasteiger partial charge on any atom is -0.478 e. The van der Waals surface area contributed by atoms with Crippen LogP contribution >= 0.6 is 0 Å². The Hall–Kier alpha value is -2.37. The third-order valence-electron chi connectivity index (χ3n) is 2.39. The van der Waals surface area contributed by atoms with E-state index in [4.69, 9.17) is 5.11 Å². The Kier molecular flexibility index (Phi) is 3.04. The summed E-state index contributed by atoms with van der Waals surface area (Å²) in [6.45, 7) is 0.548. The van der Waals surface area contributed by atoms with E-state index < -0.39 is 5.97 Å². The van der Waals surface area contributed by atoms with Crippen LogP contribution in [-0.2, 0) is 13.6 Å². The van der Waals surface area contributed by atoms with Crippen molar-refractivity contribution in [2.45, 2.75) is 6.54 Å². The third kappa shape index (κ3) is 2.60. The second-order valence-corrected chi connectivity index (χ2v) is 3.59. The first kappa shape index (κ1) is 11.1. The van der Waals surface area contributed by atoms with Crippen molar-refractivity contribution in [3.63, 3.8) is 0 Å². The van der Waals surface area contributed by atoms with Gasteiger partial charge in [-0.15, -0.1) is 5.10 Å². The van der Waals surface area contributed by atoms with Crippen LogP contribution in [0.4, 0.5) is 5.69 Å². The Bertz CT molecular complexity index is 536. The second-order valence-electron chi connectivity index (χ2n) is 3.59. The molecule has 1 heterocycles. The van der Waals surface area contributed by atoms with Crippen molar-refractivity contribution in [1.82, 2.24) is 15.0 Å². The first-order valence-electron chi connectivity index (χ1n) is 5.07.